The number of hydrogen-bond donors (Lipinski definition) is 2. The molecule has 0 aliphatic carbocycles. The Morgan fingerprint density at radius 3 is 2.10 bits per heavy atom. The average Bonchev–Trinajstić information content (AvgIpc) is 2.51. The fraction of sp³-hybridized carbons (Fsp3) is 0. The topological polar surface area (TPSA) is 50.4 Å². The van der Waals surface area contributed by atoms with Crippen LogP contribution in [0.25, 0.3) is 21.5 Å². The summed E-state index contributed by atoms with van der Waals surface area (Å²) in [6.45, 7) is 0. The van der Waals surface area contributed by atoms with Crippen molar-refractivity contribution in [3.05, 3.63) is 60.2 Å². The second kappa shape index (κ2) is 5.36. The maximum atomic E-state index is 5.26. The molecule has 0 aromatic heterocycles. The lowest BCUT2D eigenvalue weighted by Gasteiger charge is -2.07. The van der Waals surface area contributed by atoms with Crippen molar-refractivity contribution in [2.75, 3.05) is 0 Å². The van der Waals surface area contributed by atoms with Crippen LogP contribution in [0.1, 0.15) is 5.56 Å². The number of aliphatic imine (C=N–C) groups is 1. The lowest BCUT2D eigenvalue weighted by molar-refractivity contribution is 1.04. The highest BCUT2D eigenvalue weighted by Gasteiger charge is 2.05. The first-order chi connectivity index (χ1) is 9.79. The van der Waals surface area contributed by atoms with Gasteiger partial charge in [-0.05, 0) is 39.8 Å². The summed E-state index contributed by atoms with van der Waals surface area (Å²) in [4.78, 5) is 4.18. The Morgan fingerprint density at radius 2 is 1.55 bits per heavy atom. The molecule has 20 heavy (non-hydrogen) atoms. The van der Waals surface area contributed by atoms with E-state index in [1.54, 1.807) is 6.21 Å². The monoisotopic (exact) mass is 279 g/mol. The van der Waals surface area contributed by atoms with Gasteiger partial charge in [0.25, 0.3) is 0 Å². The van der Waals surface area contributed by atoms with Crippen molar-refractivity contribution in [2.24, 2.45) is 10.8 Å². The summed E-state index contributed by atoms with van der Waals surface area (Å²) < 4.78 is 0. The third-order valence-corrected chi connectivity index (χ3v) is 3.47. The van der Waals surface area contributed by atoms with Crippen LogP contribution in [0.3, 0.4) is 0 Å². The molecule has 3 aromatic carbocycles. The summed E-state index contributed by atoms with van der Waals surface area (Å²) in [5, 5.41) is 4.92. The number of nitrogens with zero attached hydrogens (tertiary/aromatic N) is 1. The molecule has 0 bridgehead atoms. The van der Waals surface area contributed by atoms with Crippen LogP contribution in [0.5, 0.6) is 0 Å². The number of nitrogens with one attached hydrogen (secondary N) is 1. The van der Waals surface area contributed by atoms with Crippen molar-refractivity contribution in [3.8, 4) is 0 Å². The van der Waals surface area contributed by atoms with Gasteiger partial charge < -0.3 is 0 Å². The van der Waals surface area contributed by atoms with Gasteiger partial charge in [-0.2, -0.15) is 0 Å². The average molecular weight is 279 g/mol. The molecule has 3 N–H and O–H groups in total. The molecule has 3 rings (SSSR count). The van der Waals surface area contributed by atoms with Crippen LogP contribution >= 0.6 is 12.2 Å². The number of fused-ring (bicyclic) bond motifs is 2. The summed E-state index contributed by atoms with van der Waals surface area (Å²) in [7, 11) is 0. The minimum absolute atomic E-state index is 0.266. The van der Waals surface area contributed by atoms with Crippen LogP contribution in [-0.2, 0) is 0 Å². The predicted molar refractivity (Wildman–Crippen MR) is 89.0 cm³/mol. The molecule has 0 saturated heterocycles. The van der Waals surface area contributed by atoms with Crippen molar-refractivity contribution in [2.45, 2.75) is 0 Å². The van der Waals surface area contributed by atoms with Crippen molar-refractivity contribution < 1.29 is 0 Å². The van der Waals surface area contributed by atoms with E-state index >= 15 is 0 Å². The molecular formula is C16H13N3S. The predicted octanol–water partition coefficient (Wildman–Crippen LogP) is 3.16. The number of thiocarbonyl (C=S) groups is 1. The Bertz CT molecular complexity index is 770. The van der Waals surface area contributed by atoms with Gasteiger partial charge in [-0.1, -0.05) is 48.5 Å². The Balaban J connectivity index is 2.33. The third kappa shape index (κ3) is 2.27. The molecule has 0 spiro atoms. The fourth-order valence-electron chi connectivity index (χ4n) is 2.35. The number of hydrogen-bond acceptors (Lipinski definition) is 2. The fourth-order valence-corrected chi connectivity index (χ4v) is 2.40. The zero-order valence-corrected chi connectivity index (χ0v) is 11.5. The van der Waals surface area contributed by atoms with E-state index in [-0.39, 0.29) is 5.11 Å². The summed E-state index contributed by atoms with van der Waals surface area (Å²) in [6, 6.07) is 18.7. The summed E-state index contributed by atoms with van der Waals surface area (Å²) in [5.41, 5.74) is 3.42. The van der Waals surface area contributed by atoms with Gasteiger partial charge in [0.15, 0.2) is 0 Å². The lowest BCUT2D eigenvalue weighted by Crippen LogP contribution is -2.26. The highest BCUT2D eigenvalue weighted by Crippen LogP contribution is 2.27. The molecule has 0 fully saturated rings. The third-order valence-electron chi connectivity index (χ3n) is 3.25. The van der Waals surface area contributed by atoms with Gasteiger partial charge in [-0.3, -0.25) is 5.43 Å². The number of benzene rings is 3. The van der Waals surface area contributed by atoms with E-state index in [1.165, 1.54) is 10.8 Å². The van der Waals surface area contributed by atoms with Gasteiger partial charge in [0.2, 0.25) is 5.11 Å². The first-order valence-corrected chi connectivity index (χ1v) is 6.65. The number of nitrogens with two attached hydrogens (primary N) is 1. The molecule has 4 heteroatoms. The van der Waals surface area contributed by atoms with Gasteiger partial charge in [0, 0.05) is 11.8 Å². The van der Waals surface area contributed by atoms with Gasteiger partial charge in [-0.15, -0.1) is 0 Å². The molecule has 0 aliphatic heterocycles. The quantitative estimate of drug-likeness (QED) is 0.236. The number of rotatable bonds is 1. The van der Waals surface area contributed by atoms with Crippen LogP contribution in [0.2, 0.25) is 0 Å². The van der Waals surface area contributed by atoms with E-state index in [9.17, 15) is 0 Å². The second-order valence-corrected chi connectivity index (χ2v) is 4.83. The highest BCUT2D eigenvalue weighted by molar-refractivity contribution is 7.80. The standard InChI is InChI=1S/C16H13N3S/c17-19-16(20)18-10-15-13-7-3-1-5-11(13)9-12-6-2-4-8-14(12)15/h1-10H,17H2,(H,19,20)/b18-10+. The maximum Gasteiger partial charge on any atom is 0.207 e. The minimum Gasteiger partial charge on any atom is -0.299 e. The molecule has 98 valence electrons. The Kier molecular flexibility index (Phi) is 3.41. The van der Waals surface area contributed by atoms with Crippen LogP contribution in [0, 0.1) is 0 Å². The van der Waals surface area contributed by atoms with Crippen LogP contribution in [0.15, 0.2) is 59.6 Å². The van der Waals surface area contributed by atoms with E-state index in [1.807, 2.05) is 24.3 Å². The zero-order chi connectivity index (χ0) is 13.9. The smallest absolute Gasteiger partial charge is 0.207 e. The Morgan fingerprint density at radius 1 is 1.00 bits per heavy atom. The molecular weight excluding hydrogens is 266 g/mol. The highest BCUT2D eigenvalue weighted by atomic mass is 32.1. The van der Waals surface area contributed by atoms with Gasteiger partial charge in [0.1, 0.15) is 0 Å². The molecule has 0 saturated carbocycles. The SMILES string of the molecule is NNC(=S)/N=C/c1c2ccccc2cc2ccccc12. The molecule has 0 radical (unpaired) electrons. The first-order valence-electron chi connectivity index (χ1n) is 6.25. The molecule has 3 aromatic rings. The Hall–Kier alpha value is -2.30. The van der Waals surface area contributed by atoms with Gasteiger partial charge >= 0.3 is 0 Å². The Labute approximate surface area is 122 Å². The number of hydrazine groups is 1. The molecule has 0 atom stereocenters. The zero-order valence-electron chi connectivity index (χ0n) is 10.7. The van der Waals surface area contributed by atoms with Crippen molar-refractivity contribution in [3.63, 3.8) is 0 Å². The summed E-state index contributed by atoms with van der Waals surface area (Å²) in [6.07, 6.45) is 1.77. The summed E-state index contributed by atoms with van der Waals surface area (Å²) >= 11 is 4.97. The molecule has 0 amide bonds. The van der Waals surface area contributed by atoms with Crippen molar-refractivity contribution in [1.29, 1.82) is 0 Å². The molecule has 0 unspecified atom stereocenters. The van der Waals surface area contributed by atoms with E-state index in [2.05, 4.69) is 40.8 Å². The van der Waals surface area contributed by atoms with E-state index in [4.69, 9.17) is 18.1 Å². The summed E-state index contributed by atoms with van der Waals surface area (Å²) in [5.74, 6) is 5.26. The molecule has 0 aliphatic rings. The second-order valence-electron chi connectivity index (χ2n) is 4.44. The van der Waals surface area contributed by atoms with Crippen LogP contribution in [-0.4, -0.2) is 11.3 Å². The minimum atomic E-state index is 0.266. The normalized spacial score (nSPS) is 11.2. The van der Waals surface area contributed by atoms with E-state index < -0.39 is 0 Å². The van der Waals surface area contributed by atoms with E-state index in [0.717, 1.165) is 16.3 Å². The first kappa shape index (κ1) is 12.7. The van der Waals surface area contributed by atoms with Crippen LogP contribution < -0.4 is 11.3 Å². The van der Waals surface area contributed by atoms with Crippen LogP contribution in [0.4, 0.5) is 0 Å². The molecule has 0 heterocycles. The lowest BCUT2D eigenvalue weighted by atomic mass is 9.97. The van der Waals surface area contributed by atoms with Crippen molar-refractivity contribution >= 4 is 45.1 Å². The largest absolute Gasteiger partial charge is 0.299 e. The van der Waals surface area contributed by atoms with Crippen molar-refractivity contribution in [1.82, 2.24) is 5.43 Å². The molecule has 3 nitrogen and oxygen atoms in total. The van der Waals surface area contributed by atoms with Gasteiger partial charge in [0.05, 0.1) is 0 Å². The van der Waals surface area contributed by atoms with Gasteiger partial charge in [-0.25, -0.2) is 10.8 Å². The maximum absolute atomic E-state index is 5.26. The van der Waals surface area contributed by atoms with E-state index in [0.29, 0.717) is 0 Å².